The van der Waals surface area contributed by atoms with Crippen molar-refractivity contribution >= 4 is 11.8 Å². The van der Waals surface area contributed by atoms with E-state index in [4.69, 9.17) is 0 Å². The van der Waals surface area contributed by atoms with E-state index in [2.05, 4.69) is 29.0 Å². The maximum atomic E-state index is 12.3. The molecule has 2 saturated heterocycles. The van der Waals surface area contributed by atoms with Gasteiger partial charge in [-0.05, 0) is 52.6 Å². The Hall–Kier alpha value is -1.14. The first kappa shape index (κ1) is 19.2. The number of carbonyl (C=O) groups is 2. The lowest BCUT2D eigenvalue weighted by atomic mass is 9.95. The molecule has 0 atom stereocenters. The summed E-state index contributed by atoms with van der Waals surface area (Å²) in [5, 5.41) is 3.20. The number of likely N-dealkylation sites (tertiary alicyclic amines) is 2. The average molecular weight is 338 g/mol. The maximum absolute atomic E-state index is 12.3. The summed E-state index contributed by atoms with van der Waals surface area (Å²) in [5.74, 6) is 0.478. The van der Waals surface area contributed by atoms with Crippen LogP contribution in [0.15, 0.2) is 0 Å². The Kier molecular flexibility index (Phi) is 7.04. The van der Waals surface area contributed by atoms with Crippen LogP contribution in [0.4, 0.5) is 0 Å². The minimum absolute atomic E-state index is 0.125. The molecule has 0 aromatic carbocycles. The first-order chi connectivity index (χ1) is 11.4. The van der Waals surface area contributed by atoms with E-state index in [0.29, 0.717) is 18.6 Å². The highest BCUT2D eigenvalue weighted by atomic mass is 16.2. The molecule has 0 saturated carbocycles. The van der Waals surface area contributed by atoms with Gasteiger partial charge in [0.15, 0.2) is 0 Å². The standard InChI is InChI=1S/C18H34N4O2/c1-14(2)22-11-7-16(8-12-22)19-17(23)13-21-9-5-15(6-10-21)18(24)20(3)4/h14-16H,5-13H2,1-4H3,(H,19,23). The van der Waals surface area contributed by atoms with Crippen molar-refractivity contribution in [2.45, 2.75) is 51.6 Å². The molecule has 2 rings (SSSR count). The van der Waals surface area contributed by atoms with Crippen molar-refractivity contribution in [2.24, 2.45) is 5.92 Å². The van der Waals surface area contributed by atoms with Crippen LogP contribution in [0.3, 0.4) is 0 Å². The van der Waals surface area contributed by atoms with Crippen LogP contribution in [0.25, 0.3) is 0 Å². The van der Waals surface area contributed by atoms with Crippen LogP contribution >= 0.6 is 0 Å². The molecular weight excluding hydrogens is 304 g/mol. The fourth-order valence-electron chi connectivity index (χ4n) is 3.74. The summed E-state index contributed by atoms with van der Waals surface area (Å²) in [5.41, 5.74) is 0. The number of carbonyl (C=O) groups excluding carboxylic acids is 2. The van der Waals surface area contributed by atoms with Crippen LogP contribution in [-0.2, 0) is 9.59 Å². The zero-order chi connectivity index (χ0) is 17.7. The van der Waals surface area contributed by atoms with Crippen LogP contribution in [0.2, 0.25) is 0 Å². The molecule has 0 aliphatic carbocycles. The van der Waals surface area contributed by atoms with Crippen molar-refractivity contribution in [1.82, 2.24) is 20.0 Å². The van der Waals surface area contributed by atoms with E-state index in [0.717, 1.165) is 51.9 Å². The van der Waals surface area contributed by atoms with Gasteiger partial charge < -0.3 is 15.1 Å². The van der Waals surface area contributed by atoms with Gasteiger partial charge in [0.05, 0.1) is 6.54 Å². The highest BCUT2D eigenvalue weighted by molar-refractivity contribution is 5.79. The Balaban J connectivity index is 1.66. The predicted molar refractivity (Wildman–Crippen MR) is 95.7 cm³/mol. The number of nitrogens with one attached hydrogen (secondary N) is 1. The van der Waals surface area contributed by atoms with Crippen molar-refractivity contribution in [3.05, 3.63) is 0 Å². The largest absolute Gasteiger partial charge is 0.352 e. The van der Waals surface area contributed by atoms with Crippen LogP contribution in [0.5, 0.6) is 0 Å². The summed E-state index contributed by atoms with van der Waals surface area (Å²) in [6, 6.07) is 0.910. The lowest BCUT2D eigenvalue weighted by molar-refractivity contribution is -0.134. The smallest absolute Gasteiger partial charge is 0.234 e. The highest BCUT2D eigenvalue weighted by Gasteiger charge is 2.27. The minimum atomic E-state index is 0.125. The Morgan fingerprint density at radius 2 is 1.62 bits per heavy atom. The number of piperidine rings is 2. The molecule has 1 N–H and O–H groups in total. The van der Waals surface area contributed by atoms with Crippen LogP contribution < -0.4 is 5.32 Å². The van der Waals surface area contributed by atoms with Crippen LogP contribution in [0.1, 0.15) is 39.5 Å². The van der Waals surface area contributed by atoms with Gasteiger partial charge in [-0.1, -0.05) is 0 Å². The Morgan fingerprint density at radius 3 is 2.12 bits per heavy atom. The number of amides is 2. The number of nitrogens with zero attached hydrogens (tertiary/aromatic N) is 3. The first-order valence-corrected chi connectivity index (χ1v) is 9.33. The van der Waals surface area contributed by atoms with Gasteiger partial charge in [-0.3, -0.25) is 14.5 Å². The fraction of sp³-hybridized carbons (Fsp3) is 0.889. The molecule has 2 aliphatic heterocycles. The maximum Gasteiger partial charge on any atom is 0.234 e. The van der Waals surface area contributed by atoms with E-state index in [1.165, 1.54) is 0 Å². The van der Waals surface area contributed by atoms with Gasteiger partial charge in [-0.25, -0.2) is 0 Å². The third-order valence-electron chi connectivity index (χ3n) is 5.37. The van der Waals surface area contributed by atoms with Gasteiger partial charge >= 0.3 is 0 Å². The van der Waals surface area contributed by atoms with E-state index in [9.17, 15) is 9.59 Å². The van der Waals surface area contributed by atoms with E-state index < -0.39 is 0 Å². The van der Waals surface area contributed by atoms with E-state index in [-0.39, 0.29) is 17.7 Å². The zero-order valence-electron chi connectivity index (χ0n) is 15.8. The lowest BCUT2D eigenvalue weighted by Crippen LogP contribution is -2.50. The van der Waals surface area contributed by atoms with Gasteiger partial charge in [0.1, 0.15) is 0 Å². The monoisotopic (exact) mass is 338 g/mol. The molecule has 0 bridgehead atoms. The summed E-state index contributed by atoms with van der Waals surface area (Å²) >= 11 is 0. The molecule has 0 radical (unpaired) electrons. The highest BCUT2D eigenvalue weighted by Crippen LogP contribution is 2.19. The van der Waals surface area contributed by atoms with E-state index in [1.54, 1.807) is 4.90 Å². The molecule has 2 amide bonds. The quantitative estimate of drug-likeness (QED) is 0.805. The molecule has 24 heavy (non-hydrogen) atoms. The zero-order valence-corrected chi connectivity index (χ0v) is 15.8. The fourth-order valence-corrected chi connectivity index (χ4v) is 3.74. The van der Waals surface area contributed by atoms with Gasteiger partial charge in [0, 0.05) is 45.2 Å². The second-order valence-electron chi connectivity index (χ2n) is 7.75. The summed E-state index contributed by atoms with van der Waals surface area (Å²) in [4.78, 5) is 30.6. The second kappa shape index (κ2) is 8.81. The molecule has 6 heteroatoms. The summed E-state index contributed by atoms with van der Waals surface area (Å²) in [6.07, 6.45) is 3.81. The van der Waals surface area contributed by atoms with Crippen molar-refractivity contribution in [2.75, 3.05) is 46.8 Å². The molecule has 0 spiro atoms. The first-order valence-electron chi connectivity index (χ1n) is 9.33. The Bertz CT molecular complexity index is 423. The molecule has 0 unspecified atom stereocenters. The van der Waals surface area contributed by atoms with Gasteiger partial charge in [0.2, 0.25) is 11.8 Å². The molecule has 2 heterocycles. The van der Waals surface area contributed by atoms with Crippen LogP contribution in [-0.4, -0.2) is 85.4 Å². The van der Waals surface area contributed by atoms with Gasteiger partial charge in [0.25, 0.3) is 0 Å². The molecular formula is C18H34N4O2. The average Bonchev–Trinajstić information content (AvgIpc) is 2.55. The predicted octanol–water partition coefficient (Wildman–Crippen LogP) is 0.776. The van der Waals surface area contributed by atoms with Crippen LogP contribution in [0, 0.1) is 5.92 Å². The Morgan fingerprint density at radius 1 is 1.04 bits per heavy atom. The Labute approximate surface area is 146 Å². The third kappa shape index (κ3) is 5.45. The molecule has 138 valence electrons. The molecule has 2 fully saturated rings. The molecule has 0 aromatic heterocycles. The van der Waals surface area contributed by atoms with Crippen molar-refractivity contribution in [1.29, 1.82) is 0 Å². The molecule has 2 aliphatic rings. The van der Waals surface area contributed by atoms with Gasteiger partial charge in [-0.2, -0.15) is 0 Å². The minimum Gasteiger partial charge on any atom is -0.352 e. The lowest BCUT2D eigenvalue weighted by Gasteiger charge is -2.35. The molecule has 6 nitrogen and oxygen atoms in total. The summed E-state index contributed by atoms with van der Waals surface area (Å²) in [6.45, 7) is 8.73. The second-order valence-corrected chi connectivity index (χ2v) is 7.75. The summed E-state index contributed by atoms with van der Waals surface area (Å²) in [7, 11) is 3.62. The van der Waals surface area contributed by atoms with E-state index >= 15 is 0 Å². The van der Waals surface area contributed by atoms with Crippen molar-refractivity contribution in [3.8, 4) is 0 Å². The number of hydrogen-bond donors (Lipinski definition) is 1. The number of rotatable bonds is 5. The topological polar surface area (TPSA) is 55.9 Å². The summed E-state index contributed by atoms with van der Waals surface area (Å²) < 4.78 is 0. The molecule has 0 aromatic rings. The van der Waals surface area contributed by atoms with Gasteiger partial charge in [-0.15, -0.1) is 0 Å². The van der Waals surface area contributed by atoms with Crippen molar-refractivity contribution < 1.29 is 9.59 Å². The van der Waals surface area contributed by atoms with Crippen molar-refractivity contribution in [3.63, 3.8) is 0 Å². The normalized spacial score (nSPS) is 21.9. The van der Waals surface area contributed by atoms with E-state index in [1.807, 2.05) is 14.1 Å². The number of hydrogen-bond acceptors (Lipinski definition) is 4. The SMILES string of the molecule is CC(C)N1CCC(NC(=O)CN2CCC(C(=O)N(C)C)CC2)CC1. The third-order valence-corrected chi connectivity index (χ3v) is 5.37.